The van der Waals surface area contributed by atoms with E-state index in [1.54, 1.807) is 0 Å². The summed E-state index contributed by atoms with van der Waals surface area (Å²) in [4.78, 5) is 0. The molecule has 0 nitrogen and oxygen atoms in total. The minimum Gasteiger partial charge on any atom is -0.0654 e. The lowest BCUT2D eigenvalue weighted by molar-refractivity contribution is 0.719. The molecule has 73 valence electrons. The number of fused-ring (bicyclic) bond motifs is 1. The van der Waals surface area contributed by atoms with E-state index in [4.69, 9.17) is 0 Å². The first-order valence-corrected chi connectivity index (χ1v) is 5.54. The summed E-state index contributed by atoms with van der Waals surface area (Å²) in [6.45, 7) is 2.25. The Labute approximate surface area is 86.7 Å². The molecule has 0 heteroatoms. The Morgan fingerprint density at radius 1 is 1.00 bits per heavy atom. The first-order valence-electron chi connectivity index (χ1n) is 5.54. The fraction of sp³-hybridized carbons (Fsp3) is 0.357. The molecule has 0 bridgehead atoms. The van der Waals surface area contributed by atoms with E-state index in [1.807, 2.05) is 0 Å². The van der Waals surface area contributed by atoms with Crippen molar-refractivity contribution in [2.75, 3.05) is 0 Å². The van der Waals surface area contributed by atoms with Crippen molar-refractivity contribution in [1.82, 2.24) is 0 Å². The van der Waals surface area contributed by atoms with E-state index in [-0.39, 0.29) is 0 Å². The predicted molar refractivity (Wildman–Crippen MR) is 62.0 cm³/mol. The summed E-state index contributed by atoms with van der Waals surface area (Å²) in [5, 5.41) is 0. The highest BCUT2D eigenvalue weighted by atomic mass is 14.2. The van der Waals surface area contributed by atoms with Crippen LogP contribution in [-0.2, 0) is 0 Å². The number of hydrogen-bond donors (Lipinski definition) is 0. The molecular formula is C14H17. The molecule has 0 heterocycles. The first-order chi connectivity index (χ1) is 6.90. The Morgan fingerprint density at radius 3 is 2.50 bits per heavy atom. The number of allylic oxidation sites excluding steroid dienone is 1. The van der Waals surface area contributed by atoms with Gasteiger partial charge in [-0.25, -0.2) is 0 Å². The Bertz CT molecular complexity index is 334. The maximum absolute atomic E-state index is 2.32. The molecule has 1 aliphatic carbocycles. The molecule has 1 aromatic carbocycles. The standard InChI is InChI=1S/C14H17/c1-2-3-4-7-12-10-13-8-5-6-9-14(13)11-12/h5-6,8-11H,2-4,7H2,1H3. The van der Waals surface area contributed by atoms with Crippen molar-refractivity contribution in [2.45, 2.75) is 32.6 Å². The summed E-state index contributed by atoms with van der Waals surface area (Å²) in [6, 6.07) is 8.60. The van der Waals surface area contributed by atoms with E-state index in [1.165, 1.54) is 42.4 Å². The largest absolute Gasteiger partial charge is 0.0654 e. The number of benzene rings is 1. The second-order valence-corrected chi connectivity index (χ2v) is 3.95. The van der Waals surface area contributed by atoms with Gasteiger partial charge in [-0.05, 0) is 24.0 Å². The highest BCUT2D eigenvalue weighted by molar-refractivity contribution is 5.68. The van der Waals surface area contributed by atoms with Crippen molar-refractivity contribution in [1.29, 1.82) is 0 Å². The summed E-state index contributed by atoms with van der Waals surface area (Å²) in [5.74, 6) is 0. The van der Waals surface area contributed by atoms with Crippen molar-refractivity contribution in [3.8, 4) is 0 Å². The first kappa shape index (κ1) is 9.51. The van der Waals surface area contributed by atoms with Crippen LogP contribution in [0, 0.1) is 6.42 Å². The minimum atomic E-state index is 1.24. The average Bonchev–Trinajstić information content (AvgIpc) is 2.60. The molecule has 0 N–H and O–H groups in total. The summed E-state index contributed by atoms with van der Waals surface area (Å²) >= 11 is 0. The monoisotopic (exact) mass is 185 g/mol. The third kappa shape index (κ3) is 2.06. The third-order valence-corrected chi connectivity index (χ3v) is 2.75. The van der Waals surface area contributed by atoms with Gasteiger partial charge < -0.3 is 0 Å². The molecule has 2 rings (SSSR count). The summed E-state index contributed by atoms with van der Waals surface area (Å²) < 4.78 is 0. The van der Waals surface area contributed by atoms with E-state index >= 15 is 0 Å². The van der Waals surface area contributed by atoms with Gasteiger partial charge in [-0.1, -0.05) is 55.7 Å². The lowest BCUT2D eigenvalue weighted by Gasteiger charge is -1.99. The summed E-state index contributed by atoms with van der Waals surface area (Å²) in [6.07, 6.45) is 9.87. The molecule has 0 atom stereocenters. The zero-order valence-corrected chi connectivity index (χ0v) is 8.79. The second-order valence-electron chi connectivity index (χ2n) is 3.95. The molecule has 0 aliphatic heterocycles. The highest BCUT2D eigenvalue weighted by Gasteiger charge is 2.10. The minimum absolute atomic E-state index is 1.24. The fourth-order valence-electron chi connectivity index (χ4n) is 1.94. The predicted octanol–water partition coefficient (Wildman–Crippen LogP) is 4.22. The number of hydrogen-bond acceptors (Lipinski definition) is 0. The Hall–Kier alpha value is -1.04. The van der Waals surface area contributed by atoms with Crippen LogP contribution in [0.25, 0.3) is 6.08 Å². The van der Waals surface area contributed by atoms with Gasteiger partial charge in [0, 0.05) is 6.42 Å². The highest BCUT2D eigenvalue weighted by Crippen LogP contribution is 2.29. The normalized spacial score (nSPS) is 13.9. The lowest BCUT2D eigenvalue weighted by Crippen LogP contribution is -1.82. The molecule has 0 unspecified atom stereocenters. The van der Waals surface area contributed by atoms with Crippen LogP contribution in [0.15, 0.2) is 29.8 Å². The van der Waals surface area contributed by atoms with Crippen LogP contribution in [-0.4, -0.2) is 0 Å². The van der Waals surface area contributed by atoms with Gasteiger partial charge in [0.25, 0.3) is 0 Å². The van der Waals surface area contributed by atoms with Crippen LogP contribution in [0.4, 0.5) is 0 Å². The SMILES string of the molecule is CCCCCC1=Cc2ccccc2[CH]1. The van der Waals surface area contributed by atoms with Crippen LogP contribution in [0.1, 0.15) is 43.7 Å². The van der Waals surface area contributed by atoms with Gasteiger partial charge in [0.1, 0.15) is 0 Å². The molecule has 0 amide bonds. The van der Waals surface area contributed by atoms with Gasteiger partial charge in [-0.2, -0.15) is 0 Å². The molecule has 0 fully saturated rings. The topological polar surface area (TPSA) is 0 Å². The van der Waals surface area contributed by atoms with Gasteiger partial charge in [0.15, 0.2) is 0 Å². The van der Waals surface area contributed by atoms with Crippen molar-refractivity contribution in [2.24, 2.45) is 0 Å². The zero-order chi connectivity index (χ0) is 9.80. The molecule has 0 aromatic heterocycles. The van der Waals surface area contributed by atoms with Crippen LogP contribution in [0.2, 0.25) is 0 Å². The molecule has 0 spiro atoms. The smallest absolute Gasteiger partial charge is 0.0164 e. The maximum Gasteiger partial charge on any atom is 0.0164 e. The van der Waals surface area contributed by atoms with Crippen LogP contribution < -0.4 is 0 Å². The van der Waals surface area contributed by atoms with Gasteiger partial charge in [0.2, 0.25) is 0 Å². The van der Waals surface area contributed by atoms with E-state index in [0.717, 1.165) is 0 Å². The van der Waals surface area contributed by atoms with Gasteiger partial charge in [-0.3, -0.25) is 0 Å². The van der Waals surface area contributed by atoms with Crippen molar-refractivity contribution < 1.29 is 0 Å². The van der Waals surface area contributed by atoms with Crippen molar-refractivity contribution in [3.63, 3.8) is 0 Å². The third-order valence-electron chi connectivity index (χ3n) is 2.75. The maximum atomic E-state index is 2.32. The Balaban J connectivity index is 1.95. The molecule has 1 aliphatic rings. The van der Waals surface area contributed by atoms with E-state index in [9.17, 15) is 0 Å². The zero-order valence-electron chi connectivity index (χ0n) is 8.79. The van der Waals surface area contributed by atoms with Gasteiger partial charge in [-0.15, -0.1) is 0 Å². The van der Waals surface area contributed by atoms with Gasteiger partial charge in [0.05, 0.1) is 0 Å². The number of rotatable bonds is 4. The van der Waals surface area contributed by atoms with E-state index in [0.29, 0.717) is 0 Å². The molecule has 1 radical (unpaired) electrons. The van der Waals surface area contributed by atoms with Gasteiger partial charge >= 0.3 is 0 Å². The van der Waals surface area contributed by atoms with Crippen LogP contribution in [0.3, 0.4) is 0 Å². The van der Waals surface area contributed by atoms with Crippen LogP contribution >= 0.6 is 0 Å². The molecule has 0 saturated heterocycles. The quantitative estimate of drug-likeness (QED) is 0.616. The van der Waals surface area contributed by atoms with Crippen LogP contribution in [0.5, 0.6) is 0 Å². The Kier molecular flexibility index (Phi) is 3.03. The lowest BCUT2D eigenvalue weighted by atomic mass is 10.1. The van der Waals surface area contributed by atoms with E-state index in [2.05, 4.69) is 43.7 Å². The molecule has 0 saturated carbocycles. The van der Waals surface area contributed by atoms with E-state index < -0.39 is 0 Å². The van der Waals surface area contributed by atoms with Crippen molar-refractivity contribution in [3.05, 3.63) is 47.4 Å². The molecule has 1 aromatic rings. The Morgan fingerprint density at radius 2 is 1.79 bits per heavy atom. The molecular weight excluding hydrogens is 168 g/mol. The average molecular weight is 185 g/mol. The second kappa shape index (κ2) is 4.45. The molecule has 14 heavy (non-hydrogen) atoms. The van der Waals surface area contributed by atoms with Crippen molar-refractivity contribution >= 4 is 6.08 Å². The summed E-state index contributed by atoms with van der Waals surface area (Å²) in [7, 11) is 0. The summed E-state index contributed by atoms with van der Waals surface area (Å²) in [5.41, 5.74) is 4.28. The fourth-order valence-corrected chi connectivity index (χ4v) is 1.94. The number of unbranched alkanes of at least 4 members (excludes halogenated alkanes) is 2.